The Morgan fingerprint density at radius 1 is 1.37 bits per heavy atom. The van der Waals surface area contributed by atoms with E-state index >= 15 is 0 Å². The summed E-state index contributed by atoms with van der Waals surface area (Å²) in [5.74, 6) is 1.49. The topological polar surface area (TPSA) is 53.9 Å². The maximum atomic E-state index is 12.1. The molecular formula is C14H19NO3S. The second kappa shape index (κ2) is 5.43. The first kappa shape index (κ1) is 14.2. The van der Waals surface area contributed by atoms with Gasteiger partial charge in [-0.15, -0.1) is 0 Å². The zero-order valence-corrected chi connectivity index (χ0v) is 12.5. The lowest BCUT2D eigenvalue weighted by atomic mass is 10.0. The first-order valence-electron chi connectivity index (χ1n) is 6.22. The number of hydrogen-bond donors (Lipinski definition) is 0. The van der Waals surface area contributed by atoms with Crippen LogP contribution in [0.15, 0.2) is 22.6 Å². The molecule has 5 heteroatoms. The molecule has 1 aliphatic heterocycles. The molecule has 0 aromatic heterocycles. The summed E-state index contributed by atoms with van der Waals surface area (Å²) < 4.78 is 26.9. The molecule has 0 radical (unpaired) electrons. The Morgan fingerprint density at radius 2 is 2.11 bits per heavy atom. The lowest BCUT2D eigenvalue weighted by Gasteiger charge is -2.22. The molecule has 0 fully saturated rings. The van der Waals surface area contributed by atoms with E-state index in [0.717, 1.165) is 22.8 Å². The normalized spacial score (nSPS) is 18.7. The Morgan fingerprint density at radius 3 is 2.74 bits per heavy atom. The minimum atomic E-state index is -1.25. The van der Waals surface area contributed by atoms with Gasteiger partial charge < -0.3 is 14.0 Å². The molecule has 1 atom stereocenters. The van der Waals surface area contributed by atoms with Gasteiger partial charge in [-0.1, -0.05) is 4.40 Å². The zero-order valence-electron chi connectivity index (χ0n) is 11.7. The largest absolute Gasteiger partial charge is 0.591 e. The van der Waals surface area contributed by atoms with Crippen molar-refractivity contribution in [3.63, 3.8) is 0 Å². The predicted octanol–water partition coefficient (Wildman–Crippen LogP) is 2.73. The highest BCUT2D eigenvalue weighted by molar-refractivity contribution is 7.91. The van der Waals surface area contributed by atoms with E-state index in [1.54, 1.807) is 7.11 Å². The summed E-state index contributed by atoms with van der Waals surface area (Å²) in [5.41, 5.74) is 1.75. The van der Waals surface area contributed by atoms with Crippen LogP contribution in [0.4, 0.5) is 0 Å². The quantitative estimate of drug-likeness (QED) is 0.783. The van der Waals surface area contributed by atoms with E-state index in [4.69, 9.17) is 9.47 Å². The molecule has 0 saturated heterocycles. The summed E-state index contributed by atoms with van der Waals surface area (Å²) in [4.78, 5) is 0. The molecule has 0 aliphatic carbocycles. The van der Waals surface area contributed by atoms with E-state index in [1.807, 2.05) is 39.0 Å². The summed E-state index contributed by atoms with van der Waals surface area (Å²) in [7, 11) is 1.62. The van der Waals surface area contributed by atoms with Crippen molar-refractivity contribution in [3.05, 3.63) is 23.8 Å². The van der Waals surface area contributed by atoms with E-state index in [-0.39, 0.29) is 4.75 Å². The smallest absolute Gasteiger partial charge is 0.144 e. The van der Waals surface area contributed by atoms with Crippen LogP contribution in [0.2, 0.25) is 0 Å². The summed E-state index contributed by atoms with van der Waals surface area (Å²) in [6.45, 7) is 6.31. The van der Waals surface area contributed by atoms with Gasteiger partial charge in [0.15, 0.2) is 0 Å². The molecular weight excluding hydrogens is 262 g/mol. The molecule has 0 spiro atoms. The summed E-state index contributed by atoms with van der Waals surface area (Å²) in [5, 5.41) is 0. The van der Waals surface area contributed by atoms with Gasteiger partial charge in [-0.05, 0) is 32.9 Å². The molecule has 4 nitrogen and oxygen atoms in total. The predicted molar refractivity (Wildman–Crippen MR) is 77.5 cm³/mol. The average Bonchev–Trinajstić information content (AvgIpc) is 2.37. The van der Waals surface area contributed by atoms with Crippen molar-refractivity contribution in [1.29, 1.82) is 0 Å². The van der Waals surface area contributed by atoms with Gasteiger partial charge in [0.25, 0.3) is 0 Å². The number of fused-ring (bicyclic) bond motifs is 1. The van der Waals surface area contributed by atoms with Crippen molar-refractivity contribution < 1.29 is 14.0 Å². The highest BCUT2D eigenvalue weighted by atomic mass is 32.2. The van der Waals surface area contributed by atoms with Crippen LogP contribution in [0.3, 0.4) is 0 Å². The summed E-state index contributed by atoms with van der Waals surface area (Å²) >= 11 is -1.25. The highest BCUT2D eigenvalue weighted by Gasteiger charge is 2.29. The van der Waals surface area contributed by atoms with Gasteiger partial charge in [-0.3, -0.25) is 0 Å². The van der Waals surface area contributed by atoms with Crippen LogP contribution in [-0.2, 0) is 11.4 Å². The van der Waals surface area contributed by atoms with Crippen molar-refractivity contribution >= 4 is 17.1 Å². The van der Waals surface area contributed by atoms with Crippen LogP contribution in [0.1, 0.15) is 32.8 Å². The fourth-order valence-corrected chi connectivity index (χ4v) is 2.38. The third-order valence-electron chi connectivity index (χ3n) is 2.81. The van der Waals surface area contributed by atoms with Crippen LogP contribution in [0.25, 0.3) is 0 Å². The molecule has 1 aliphatic rings. The van der Waals surface area contributed by atoms with Crippen LogP contribution in [0, 0.1) is 0 Å². The molecule has 1 heterocycles. The van der Waals surface area contributed by atoms with Gasteiger partial charge in [-0.25, -0.2) is 0 Å². The second-order valence-corrected chi connectivity index (χ2v) is 7.27. The third kappa shape index (κ3) is 3.22. The van der Waals surface area contributed by atoms with Gasteiger partial charge in [0.2, 0.25) is 0 Å². The van der Waals surface area contributed by atoms with Crippen molar-refractivity contribution in [2.75, 3.05) is 13.7 Å². The Balaban J connectivity index is 2.35. The number of methoxy groups -OCH3 is 1. The van der Waals surface area contributed by atoms with Gasteiger partial charge in [0.05, 0.1) is 13.7 Å². The molecule has 0 saturated carbocycles. The molecule has 2 rings (SSSR count). The summed E-state index contributed by atoms with van der Waals surface area (Å²) in [6, 6.07) is 5.61. The minimum absolute atomic E-state index is 0.349. The highest BCUT2D eigenvalue weighted by Crippen LogP contribution is 2.30. The van der Waals surface area contributed by atoms with Gasteiger partial charge >= 0.3 is 0 Å². The monoisotopic (exact) mass is 281 g/mol. The van der Waals surface area contributed by atoms with Gasteiger partial charge in [0, 0.05) is 18.1 Å². The van der Waals surface area contributed by atoms with Gasteiger partial charge in [-0.2, -0.15) is 0 Å². The maximum Gasteiger partial charge on any atom is 0.144 e. The van der Waals surface area contributed by atoms with Crippen molar-refractivity contribution in [2.24, 2.45) is 4.40 Å². The Bertz CT molecular complexity index is 494. The minimum Gasteiger partial charge on any atom is -0.591 e. The van der Waals surface area contributed by atoms with Crippen molar-refractivity contribution in [3.8, 4) is 11.5 Å². The number of rotatable bonds is 2. The maximum absolute atomic E-state index is 12.1. The number of hydrogen-bond acceptors (Lipinski definition) is 4. The fraction of sp³-hybridized carbons (Fsp3) is 0.500. The Hall–Kier alpha value is -1.20. The lowest BCUT2D eigenvalue weighted by molar-refractivity contribution is 0.317. The van der Waals surface area contributed by atoms with E-state index in [0.29, 0.717) is 13.0 Å². The molecule has 0 bridgehead atoms. The van der Waals surface area contributed by atoms with E-state index < -0.39 is 11.4 Å². The molecule has 0 amide bonds. The number of benzene rings is 1. The fourth-order valence-electron chi connectivity index (χ4n) is 1.71. The first-order chi connectivity index (χ1) is 8.91. The van der Waals surface area contributed by atoms with Crippen LogP contribution < -0.4 is 9.47 Å². The zero-order chi connectivity index (χ0) is 14.0. The van der Waals surface area contributed by atoms with Crippen LogP contribution in [0.5, 0.6) is 11.5 Å². The second-order valence-electron chi connectivity index (χ2n) is 5.36. The number of nitrogens with zero attached hydrogens (tertiary/aromatic N) is 1. The van der Waals surface area contributed by atoms with Gasteiger partial charge in [0.1, 0.15) is 33.3 Å². The Labute approximate surface area is 117 Å². The first-order valence-corrected chi connectivity index (χ1v) is 7.33. The van der Waals surface area contributed by atoms with E-state index in [9.17, 15) is 4.55 Å². The molecule has 104 valence electrons. The van der Waals surface area contributed by atoms with E-state index in [1.165, 1.54) is 0 Å². The number of ether oxygens (including phenoxy) is 2. The summed E-state index contributed by atoms with van der Waals surface area (Å²) in [6.07, 6.45) is 0.682. The molecule has 1 aromatic carbocycles. The molecule has 0 unspecified atom stereocenters. The standard InChI is InChI=1S/C14H19NO3S/c1-14(2,3)19(16)15-12-7-8-18-13-9-10(17-4)5-6-11(12)13/h5-6,9H,7-8H2,1-4H3/t19-/m0/s1. The molecule has 0 N–H and O–H groups in total. The lowest BCUT2D eigenvalue weighted by Crippen LogP contribution is -2.28. The average molecular weight is 281 g/mol. The van der Waals surface area contributed by atoms with E-state index in [2.05, 4.69) is 4.40 Å². The van der Waals surface area contributed by atoms with Crippen molar-refractivity contribution in [2.45, 2.75) is 31.9 Å². The molecule has 19 heavy (non-hydrogen) atoms. The Kier molecular flexibility index (Phi) is 4.06. The van der Waals surface area contributed by atoms with Crippen LogP contribution >= 0.6 is 0 Å². The molecule has 1 aromatic rings. The third-order valence-corrected chi connectivity index (χ3v) is 4.25. The van der Waals surface area contributed by atoms with Crippen LogP contribution in [-0.4, -0.2) is 28.7 Å². The van der Waals surface area contributed by atoms with Crippen molar-refractivity contribution in [1.82, 2.24) is 0 Å². The SMILES string of the molecule is COc1ccc2c(c1)OCCC2=N[S@@+]([O-])C(C)(C)C.